The average Bonchev–Trinajstić information content (AvgIpc) is 2.68. The van der Waals surface area contributed by atoms with Crippen molar-refractivity contribution in [3.05, 3.63) is 72.3 Å². The Morgan fingerprint density at radius 2 is 1.58 bits per heavy atom. The molecule has 3 aromatic carbocycles. The van der Waals surface area contributed by atoms with Gasteiger partial charge in [0.05, 0.1) is 24.6 Å². The van der Waals surface area contributed by atoms with Crippen LogP contribution in [0.1, 0.15) is 10.4 Å². The van der Waals surface area contributed by atoms with Crippen LogP contribution in [0.4, 0.5) is 11.4 Å². The maximum atomic E-state index is 12.9. The number of amides is 1. The number of nitrogens with one attached hydrogen (secondary N) is 1. The zero-order chi connectivity index (χ0) is 17.1. The van der Waals surface area contributed by atoms with Crippen molar-refractivity contribution in [3.63, 3.8) is 0 Å². The molecule has 4 nitrogen and oxygen atoms in total. The summed E-state index contributed by atoms with van der Waals surface area (Å²) in [7, 11) is 0. The Morgan fingerprint density at radius 3 is 2.42 bits per heavy atom. The SMILES string of the molecule is Cl.O=C(Nc1ccccc1N1CCOCC1)c1cccc2ccccc12. The molecule has 1 heterocycles. The summed E-state index contributed by atoms with van der Waals surface area (Å²) in [5.41, 5.74) is 2.57. The molecule has 0 radical (unpaired) electrons. The number of ether oxygens (including phenoxy) is 1. The topological polar surface area (TPSA) is 41.6 Å². The van der Waals surface area contributed by atoms with E-state index >= 15 is 0 Å². The molecule has 0 aliphatic carbocycles. The number of benzene rings is 3. The van der Waals surface area contributed by atoms with Crippen LogP contribution in [0.25, 0.3) is 10.8 Å². The molecular formula is C21H21ClN2O2. The molecule has 1 aliphatic rings. The van der Waals surface area contributed by atoms with E-state index in [1.165, 1.54) is 0 Å². The van der Waals surface area contributed by atoms with E-state index in [1.54, 1.807) is 0 Å². The van der Waals surface area contributed by atoms with Crippen LogP contribution in [-0.2, 0) is 4.74 Å². The number of hydrogen-bond donors (Lipinski definition) is 1. The van der Waals surface area contributed by atoms with E-state index in [4.69, 9.17) is 4.74 Å². The van der Waals surface area contributed by atoms with Gasteiger partial charge in [-0.1, -0.05) is 48.5 Å². The van der Waals surface area contributed by atoms with E-state index in [0.29, 0.717) is 18.8 Å². The first-order chi connectivity index (χ1) is 12.3. The van der Waals surface area contributed by atoms with Gasteiger partial charge in [0.1, 0.15) is 0 Å². The number of halogens is 1. The lowest BCUT2D eigenvalue weighted by molar-refractivity contribution is 0.102. The monoisotopic (exact) mass is 368 g/mol. The maximum Gasteiger partial charge on any atom is 0.256 e. The van der Waals surface area contributed by atoms with Gasteiger partial charge >= 0.3 is 0 Å². The van der Waals surface area contributed by atoms with Gasteiger partial charge in [-0.25, -0.2) is 0 Å². The summed E-state index contributed by atoms with van der Waals surface area (Å²) in [4.78, 5) is 15.2. The molecular weight excluding hydrogens is 348 g/mol. The largest absolute Gasteiger partial charge is 0.378 e. The lowest BCUT2D eigenvalue weighted by atomic mass is 10.0. The normalized spacial score (nSPS) is 13.9. The quantitative estimate of drug-likeness (QED) is 0.747. The van der Waals surface area contributed by atoms with Crippen molar-refractivity contribution in [1.29, 1.82) is 0 Å². The number of nitrogens with zero attached hydrogens (tertiary/aromatic N) is 1. The first-order valence-electron chi connectivity index (χ1n) is 8.54. The van der Waals surface area contributed by atoms with Crippen LogP contribution in [-0.4, -0.2) is 32.2 Å². The third-order valence-electron chi connectivity index (χ3n) is 4.54. The zero-order valence-corrected chi connectivity index (χ0v) is 15.2. The molecule has 1 fully saturated rings. The molecule has 0 atom stereocenters. The molecule has 4 rings (SSSR count). The van der Waals surface area contributed by atoms with E-state index in [0.717, 1.165) is 35.2 Å². The molecule has 1 amide bonds. The molecule has 0 saturated carbocycles. The van der Waals surface area contributed by atoms with Crippen LogP contribution in [0.5, 0.6) is 0 Å². The minimum absolute atomic E-state index is 0. The fourth-order valence-electron chi connectivity index (χ4n) is 3.27. The van der Waals surface area contributed by atoms with Crippen molar-refractivity contribution in [3.8, 4) is 0 Å². The molecule has 0 unspecified atom stereocenters. The smallest absolute Gasteiger partial charge is 0.256 e. The van der Waals surface area contributed by atoms with Crippen molar-refractivity contribution < 1.29 is 9.53 Å². The molecule has 26 heavy (non-hydrogen) atoms. The summed E-state index contributed by atoms with van der Waals surface area (Å²) in [6.07, 6.45) is 0. The fraction of sp³-hybridized carbons (Fsp3) is 0.190. The minimum atomic E-state index is -0.0856. The molecule has 5 heteroatoms. The van der Waals surface area contributed by atoms with Crippen LogP contribution in [0, 0.1) is 0 Å². The Labute approximate surface area is 159 Å². The number of carbonyl (C=O) groups excluding carboxylic acids is 1. The van der Waals surface area contributed by atoms with Crippen molar-refractivity contribution in [2.75, 3.05) is 36.5 Å². The second-order valence-corrected chi connectivity index (χ2v) is 6.10. The maximum absolute atomic E-state index is 12.9. The van der Waals surface area contributed by atoms with Gasteiger partial charge in [-0.3, -0.25) is 4.79 Å². The van der Waals surface area contributed by atoms with Gasteiger partial charge in [-0.15, -0.1) is 12.4 Å². The molecule has 0 bridgehead atoms. The van der Waals surface area contributed by atoms with Gasteiger partial charge in [0.15, 0.2) is 0 Å². The van der Waals surface area contributed by atoms with E-state index in [-0.39, 0.29) is 18.3 Å². The van der Waals surface area contributed by atoms with Gasteiger partial charge in [-0.05, 0) is 29.0 Å². The van der Waals surface area contributed by atoms with Crippen molar-refractivity contribution in [2.24, 2.45) is 0 Å². The lowest BCUT2D eigenvalue weighted by Crippen LogP contribution is -2.36. The number of fused-ring (bicyclic) bond motifs is 1. The zero-order valence-electron chi connectivity index (χ0n) is 14.4. The highest BCUT2D eigenvalue weighted by atomic mass is 35.5. The van der Waals surface area contributed by atoms with Crippen LogP contribution in [0.2, 0.25) is 0 Å². The Morgan fingerprint density at radius 1 is 0.885 bits per heavy atom. The van der Waals surface area contributed by atoms with E-state index in [1.807, 2.05) is 66.7 Å². The first-order valence-corrected chi connectivity index (χ1v) is 8.54. The molecule has 0 spiro atoms. The highest BCUT2D eigenvalue weighted by Gasteiger charge is 2.17. The summed E-state index contributed by atoms with van der Waals surface area (Å²) in [5, 5.41) is 5.13. The van der Waals surface area contributed by atoms with Gasteiger partial charge in [0.2, 0.25) is 0 Å². The van der Waals surface area contributed by atoms with Crippen LogP contribution >= 0.6 is 12.4 Å². The Bertz CT molecular complexity index is 902. The number of hydrogen-bond acceptors (Lipinski definition) is 3. The highest BCUT2D eigenvalue weighted by Crippen LogP contribution is 2.27. The standard InChI is InChI=1S/C21H20N2O2.ClH/c24-21(18-9-5-7-16-6-1-2-8-17(16)18)22-19-10-3-4-11-20(19)23-12-14-25-15-13-23;/h1-11H,12-15H2,(H,22,24);1H. The molecule has 3 aromatic rings. The lowest BCUT2D eigenvalue weighted by Gasteiger charge is -2.30. The van der Waals surface area contributed by atoms with Crippen molar-refractivity contribution in [1.82, 2.24) is 0 Å². The Kier molecular flexibility index (Phi) is 5.76. The second-order valence-electron chi connectivity index (χ2n) is 6.10. The second kappa shape index (κ2) is 8.21. The molecule has 134 valence electrons. The molecule has 1 saturated heterocycles. The molecule has 1 aliphatic heterocycles. The fourth-order valence-corrected chi connectivity index (χ4v) is 3.27. The molecule has 1 N–H and O–H groups in total. The Hall–Kier alpha value is -2.56. The van der Waals surface area contributed by atoms with E-state index in [9.17, 15) is 4.79 Å². The van der Waals surface area contributed by atoms with Crippen LogP contribution in [0.15, 0.2) is 66.7 Å². The van der Waals surface area contributed by atoms with Crippen molar-refractivity contribution >= 4 is 40.5 Å². The number of rotatable bonds is 3. The summed E-state index contributed by atoms with van der Waals surface area (Å²) in [6.45, 7) is 3.10. The summed E-state index contributed by atoms with van der Waals surface area (Å²) in [5.74, 6) is -0.0856. The minimum Gasteiger partial charge on any atom is -0.378 e. The number of morpholine rings is 1. The van der Waals surface area contributed by atoms with Crippen LogP contribution < -0.4 is 10.2 Å². The number of anilines is 2. The van der Waals surface area contributed by atoms with Gasteiger partial charge in [-0.2, -0.15) is 0 Å². The third-order valence-corrected chi connectivity index (χ3v) is 4.54. The Balaban J connectivity index is 0.00000196. The highest BCUT2D eigenvalue weighted by molar-refractivity contribution is 6.13. The third kappa shape index (κ3) is 3.66. The van der Waals surface area contributed by atoms with Gasteiger partial charge in [0.25, 0.3) is 5.91 Å². The number of para-hydroxylation sites is 2. The number of carbonyl (C=O) groups is 1. The van der Waals surface area contributed by atoms with E-state index < -0.39 is 0 Å². The average molecular weight is 369 g/mol. The predicted molar refractivity (Wildman–Crippen MR) is 109 cm³/mol. The van der Waals surface area contributed by atoms with Crippen LogP contribution in [0.3, 0.4) is 0 Å². The summed E-state index contributed by atoms with van der Waals surface area (Å²) in [6, 6.07) is 21.7. The van der Waals surface area contributed by atoms with E-state index in [2.05, 4.69) is 10.2 Å². The van der Waals surface area contributed by atoms with Gasteiger partial charge in [0, 0.05) is 18.7 Å². The summed E-state index contributed by atoms with van der Waals surface area (Å²) < 4.78 is 5.43. The molecule has 0 aromatic heterocycles. The summed E-state index contributed by atoms with van der Waals surface area (Å²) >= 11 is 0. The van der Waals surface area contributed by atoms with Gasteiger partial charge < -0.3 is 15.0 Å². The van der Waals surface area contributed by atoms with Crippen molar-refractivity contribution in [2.45, 2.75) is 0 Å². The predicted octanol–water partition coefficient (Wildman–Crippen LogP) is 4.35. The first kappa shape index (κ1) is 18.2.